The summed E-state index contributed by atoms with van der Waals surface area (Å²) in [7, 11) is -0.909. The molecule has 0 unspecified atom stereocenters. The summed E-state index contributed by atoms with van der Waals surface area (Å²) >= 11 is 0. The quantitative estimate of drug-likeness (QED) is 0.687. The van der Waals surface area contributed by atoms with Crippen LogP contribution in [0.5, 0.6) is 11.5 Å². The van der Waals surface area contributed by atoms with Gasteiger partial charge in [0, 0.05) is 19.2 Å². The summed E-state index contributed by atoms with van der Waals surface area (Å²) in [5.74, 6) is 0.512. The second kappa shape index (κ2) is 9.48. The van der Waals surface area contributed by atoms with E-state index in [4.69, 9.17) is 9.47 Å². The molecule has 1 aromatic carbocycles. The lowest BCUT2D eigenvalue weighted by Crippen LogP contribution is -2.40. The molecule has 8 heteroatoms. The zero-order chi connectivity index (χ0) is 18.2. The van der Waals surface area contributed by atoms with Gasteiger partial charge < -0.3 is 14.4 Å². The van der Waals surface area contributed by atoms with Gasteiger partial charge in [-0.3, -0.25) is 4.79 Å². The summed E-state index contributed by atoms with van der Waals surface area (Å²) in [6.07, 6.45) is 1.66. The number of ether oxygens (including phenoxy) is 2. The van der Waals surface area contributed by atoms with Crippen LogP contribution in [0.4, 0.5) is 0 Å². The van der Waals surface area contributed by atoms with Crippen molar-refractivity contribution >= 4 is 15.9 Å². The normalized spacial score (nSPS) is 11.2. The molecular weight excluding hydrogens is 332 g/mol. The van der Waals surface area contributed by atoms with Gasteiger partial charge in [-0.2, -0.15) is 0 Å². The van der Waals surface area contributed by atoms with Crippen molar-refractivity contribution in [2.24, 2.45) is 0 Å². The lowest BCUT2D eigenvalue weighted by molar-refractivity contribution is -0.130. The molecule has 0 bridgehead atoms. The number of carbonyl (C=O) groups excluding carboxylic acids is 1. The number of benzene rings is 1. The molecule has 0 saturated heterocycles. The molecule has 0 spiro atoms. The van der Waals surface area contributed by atoms with Gasteiger partial charge in [0.1, 0.15) is 0 Å². The van der Waals surface area contributed by atoms with E-state index < -0.39 is 10.0 Å². The van der Waals surface area contributed by atoms with Crippen LogP contribution < -0.4 is 14.2 Å². The van der Waals surface area contributed by atoms with Crippen molar-refractivity contribution in [2.75, 3.05) is 33.9 Å². The molecular formula is C16H26N2O5S. The number of amides is 1. The Balaban J connectivity index is 2.84. The van der Waals surface area contributed by atoms with E-state index >= 15 is 0 Å². The van der Waals surface area contributed by atoms with Crippen LogP contribution in [0.1, 0.15) is 26.7 Å². The third-order valence-corrected chi connectivity index (χ3v) is 4.82. The molecule has 7 nitrogen and oxygen atoms in total. The molecule has 0 heterocycles. The van der Waals surface area contributed by atoms with Gasteiger partial charge in [-0.15, -0.1) is 0 Å². The van der Waals surface area contributed by atoms with E-state index in [1.807, 2.05) is 13.8 Å². The molecule has 0 saturated carbocycles. The molecule has 1 rings (SSSR count). The van der Waals surface area contributed by atoms with Gasteiger partial charge in [0.2, 0.25) is 15.9 Å². The van der Waals surface area contributed by atoms with Crippen LogP contribution >= 0.6 is 0 Å². The minimum Gasteiger partial charge on any atom is -0.493 e. The molecule has 0 aliphatic rings. The lowest BCUT2D eigenvalue weighted by Gasteiger charge is -2.21. The average molecular weight is 358 g/mol. The molecule has 1 N–H and O–H groups in total. The first-order chi connectivity index (χ1) is 11.4. The van der Waals surface area contributed by atoms with Gasteiger partial charge in [-0.05, 0) is 25.0 Å². The fourth-order valence-electron chi connectivity index (χ4n) is 2.24. The highest BCUT2D eigenvalue weighted by atomic mass is 32.2. The minimum atomic E-state index is -3.81. The van der Waals surface area contributed by atoms with E-state index in [1.165, 1.54) is 32.4 Å². The number of carbonyl (C=O) groups is 1. The van der Waals surface area contributed by atoms with Crippen LogP contribution in [-0.4, -0.2) is 53.1 Å². The Kier molecular flexibility index (Phi) is 8.00. The zero-order valence-electron chi connectivity index (χ0n) is 14.7. The topological polar surface area (TPSA) is 84.9 Å². The van der Waals surface area contributed by atoms with Gasteiger partial charge in [0.05, 0.1) is 25.7 Å². The fraction of sp³-hybridized carbons (Fsp3) is 0.562. The van der Waals surface area contributed by atoms with Crippen molar-refractivity contribution < 1.29 is 22.7 Å². The standard InChI is InChI=1S/C16H26N2O5S/c1-5-9-18(10-6-2)16(19)12-17-24(20,21)13-7-8-14(22-3)15(11-13)23-4/h7-8,11,17H,5-6,9-10,12H2,1-4H3. The van der Waals surface area contributed by atoms with E-state index in [0.29, 0.717) is 24.6 Å². The van der Waals surface area contributed by atoms with Gasteiger partial charge in [0.25, 0.3) is 0 Å². The second-order valence-electron chi connectivity index (χ2n) is 5.22. The Morgan fingerprint density at radius 1 is 1.08 bits per heavy atom. The second-order valence-corrected chi connectivity index (χ2v) is 6.99. The smallest absolute Gasteiger partial charge is 0.241 e. The Morgan fingerprint density at radius 2 is 1.67 bits per heavy atom. The number of sulfonamides is 1. The van der Waals surface area contributed by atoms with Gasteiger partial charge >= 0.3 is 0 Å². The molecule has 1 aromatic rings. The number of rotatable bonds is 10. The summed E-state index contributed by atoms with van der Waals surface area (Å²) in [6.45, 7) is 4.92. The molecule has 1 amide bonds. The summed E-state index contributed by atoms with van der Waals surface area (Å²) < 4.78 is 37.3. The maximum Gasteiger partial charge on any atom is 0.241 e. The molecule has 0 atom stereocenters. The van der Waals surface area contributed by atoms with Gasteiger partial charge in [0.15, 0.2) is 11.5 Å². The Labute approximate surface area is 144 Å². The van der Waals surface area contributed by atoms with Gasteiger partial charge in [-0.25, -0.2) is 13.1 Å². The predicted molar refractivity (Wildman–Crippen MR) is 91.9 cm³/mol. The maximum absolute atomic E-state index is 12.4. The molecule has 0 radical (unpaired) electrons. The summed E-state index contributed by atoms with van der Waals surface area (Å²) in [5, 5.41) is 0. The Hall–Kier alpha value is -1.80. The van der Waals surface area contributed by atoms with E-state index in [9.17, 15) is 13.2 Å². The van der Waals surface area contributed by atoms with E-state index in [-0.39, 0.29) is 17.3 Å². The van der Waals surface area contributed by atoms with Crippen molar-refractivity contribution in [1.82, 2.24) is 9.62 Å². The van der Waals surface area contributed by atoms with Crippen molar-refractivity contribution in [3.8, 4) is 11.5 Å². The van der Waals surface area contributed by atoms with Crippen molar-refractivity contribution in [2.45, 2.75) is 31.6 Å². The molecule has 0 aromatic heterocycles. The minimum absolute atomic E-state index is 0.0190. The molecule has 24 heavy (non-hydrogen) atoms. The highest BCUT2D eigenvalue weighted by Gasteiger charge is 2.20. The van der Waals surface area contributed by atoms with Crippen LogP contribution in [0.2, 0.25) is 0 Å². The van der Waals surface area contributed by atoms with Crippen LogP contribution in [0.25, 0.3) is 0 Å². The Bertz CT molecular complexity index is 640. The predicted octanol–water partition coefficient (Wildman–Crippen LogP) is 1.63. The molecule has 0 aliphatic heterocycles. The highest BCUT2D eigenvalue weighted by Crippen LogP contribution is 2.29. The van der Waals surface area contributed by atoms with Crippen LogP contribution in [0.15, 0.2) is 23.1 Å². The number of nitrogens with zero attached hydrogens (tertiary/aromatic N) is 1. The van der Waals surface area contributed by atoms with E-state index in [1.54, 1.807) is 4.90 Å². The van der Waals surface area contributed by atoms with Crippen LogP contribution in [0.3, 0.4) is 0 Å². The third kappa shape index (κ3) is 5.38. The first-order valence-electron chi connectivity index (χ1n) is 7.89. The summed E-state index contributed by atoms with van der Waals surface area (Å²) in [4.78, 5) is 13.9. The largest absolute Gasteiger partial charge is 0.493 e. The van der Waals surface area contributed by atoms with Crippen LogP contribution in [0, 0.1) is 0 Å². The third-order valence-electron chi connectivity index (χ3n) is 3.42. The lowest BCUT2D eigenvalue weighted by atomic mass is 10.3. The first-order valence-corrected chi connectivity index (χ1v) is 9.37. The number of hydrogen-bond donors (Lipinski definition) is 1. The van der Waals surface area contributed by atoms with E-state index in [0.717, 1.165) is 12.8 Å². The van der Waals surface area contributed by atoms with Crippen molar-refractivity contribution in [3.05, 3.63) is 18.2 Å². The number of nitrogens with one attached hydrogen (secondary N) is 1. The molecule has 0 fully saturated rings. The summed E-state index contributed by atoms with van der Waals surface area (Å²) in [6, 6.07) is 4.28. The SMILES string of the molecule is CCCN(CCC)C(=O)CNS(=O)(=O)c1ccc(OC)c(OC)c1. The number of methoxy groups -OCH3 is 2. The van der Waals surface area contributed by atoms with Crippen LogP contribution in [-0.2, 0) is 14.8 Å². The van der Waals surface area contributed by atoms with E-state index in [2.05, 4.69) is 4.72 Å². The zero-order valence-corrected chi connectivity index (χ0v) is 15.5. The van der Waals surface area contributed by atoms with Gasteiger partial charge in [-0.1, -0.05) is 13.8 Å². The van der Waals surface area contributed by atoms with Crippen molar-refractivity contribution in [3.63, 3.8) is 0 Å². The molecule has 136 valence electrons. The average Bonchev–Trinajstić information content (AvgIpc) is 2.58. The summed E-state index contributed by atoms with van der Waals surface area (Å²) in [5.41, 5.74) is 0. The fourth-order valence-corrected chi connectivity index (χ4v) is 3.23. The monoisotopic (exact) mass is 358 g/mol. The maximum atomic E-state index is 12.4. The Morgan fingerprint density at radius 3 is 2.17 bits per heavy atom. The van der Waals surface area contributed by atoms with Crippen molar-refractivity contribution in [1.29, 1.82) is 0 Å². The molecule has 0 aliphatic carbocycles. The highest BCUT2D eigenvalue weighted by molar-refractivity contribution is 7.89. The number of hydrogen-bond acceptors (Lipinski definition) is 5. The first kappa shape index (κ1) is 20.2.